The molecule has 0 unspecified atom stereocenters. The number of nitriles is 1. The first-order chi connectivity index (χ1) is 16.1. The lowest BCUT2D eigenvalue weighted by Crippen LogP contribution is -2.39. The SMILES string of the molecule is C[C@@H](Nc1ccc(Cl)nc1C(=O)O)c1cc(Cl)cn2c(=O)cc(N3CCC(C)(C#N)CC3)nc12. The predicted molar refractivity (Wildman–Crippen MR) is 130 cm³/mol. The number of nitrogens with zero attached hydrogens (tertiary/aromatic N) is 5. The molecular formula is C23H22Cl2N6O3. The molecule has 0 amide bonds. The van der Waals surface area contributed by atoms with Crippen LogP contribution in [0.15, 0.2) is 35.3 Å². The Hall–Kier alpha value is -3.35. The Morgan fingerprint density at radius 3 is 2.62 bits per heavy atom. The summed E-state index contributed by atoms with van der Waals surface area (Å²) < 4.78 is 1.38. The summed E-state index contributed by atoms with van der Waals surface area (Å²) in [5.41, 5.74) is 0.395. The van der Waals surface area contributed by atoms with Crippen molar-refractivity contribution in [2.75, 3.05) is 23.3 Å². The highest BCUT2D eigenvalue weighted by Crippen LogP contribution is 2.32. The van der Waals surface area contributed by atoms with E-state index in [1.54, 1.807) is 6.07 Å². The van der Waals surface area contributed by atoms with Crippen molar-refractivity contribution in [3.8, 4) is 6.07 Å². The molecule has 0 radical (unpaired) electrons. The fourth-order valence-corrected chi connectivity index (χ4v) is 4.39. The van der Waals surface area contributed by atoms with Crippen molar-refractivity contribution in [1.29, 1.82) is 5.26 Å². The fraction of sp³-hybridized carbons (Fsp3) is 0.348. The molecule has 176 valence electrons. The van der Waals surface area contributed by atoms with Crippen LogP contribution in [0.4, 0.5) is 11.5 Å². The minimum atomic E-state index is -1.22. The molecule has 1 atom stereocenters. The van der Waals surface area contributed by atoms with Gasteiger partial charge in [0.15, 0.2) is 5.69 Å². The number of pyridine rings is 2. The van der Waals surface area contributed by atoms with Crippen LogP contribution in [0.1, 0.15) is 48.8 Å². The summed E-state index contributed by atoms with van der Waals surface area (Å²) in [6, 6.07) is 8.08. The van der Waals surface area contributed by atoms with E-state index in [1.807, 2.05) is 18.7 Å². The van der Waals surface area contributed by atoms with Crippen LogP contribution in [0.3, 0.4) is 0 Å². The third-order valence-electron chi connectivity index (χ3n) is 6.11. The van der Waals surface area contributed by atoms with Crippen LogP contribution in [-0.4, -0.2) is 38.5 Å². The molecule has 0 aromatic carbocycles. The van der Waals surface area contributed by atoms with Gasteiger partial charge in [0, 0.05) is 30.9 Å². The number of carbonyl (C=O) groups is 1. The summed E-state index contributed by atoms with van der Waals surface area (Å²) in [4.78, 5) is 35.2. The number of hydrogen-bond donors (Lipinski definition) is 2. The number of rotatable bonds is 5. The van der Waals surface area contributed by atoms with E-state index in [-0.39, 0.29) is 27.5 Å². The van der Waals surface area contributed by atoms with Crippen LogP contribution in [0.25, 0.3) is 5.65 Å². The van der Waals surface area contributed by atoms with Crippen LogP contribution >= 0.6 is 23.2 Å². The molecule has 0 aliphatic carbocycles. The maximum absolute atomic E-state index is 13.0. The second kappa shape index (κ2) is 9.12. The zero-order valence-corrected chi connectivity index (χ0v) is 20.1. The van der Waals surface area contributed by atoms with Crippen molar-refractivity contribution in [3.63, 3.8) is 0 Å². The molecule has 1 aliphatic heterocycles. The first-order valence-electron chi connectivity index (χ1n) is 10.7. The van der Waals surface area contributed by atoms with Gasteiger partial charge in [-0.2, -0.15) is 5.26 Å². The zero-order valence-electron chi connectivity index (χ0n) is 18.5. The second-order valence-electron chi connectivity index (χ2n) is 8.62. The number of anilines is 2. The smallest absolute Gasteiger partial charge is 0.356 e. The summed E-state index contributed by atoms with van der Waals surface area (Å²) >= 11 is 12.2. The minimum Gasteiger partial charge on any atom is -0.476 e. The highest BCUT2D eigenvalue weighted by molar-refractivity contribution is 6.30. The number of nitrogens with one attached hydrogen (secondary N) is 1. The van der Waals surface area contributed by atoms with Gasteiger partial charge < -0.3 is 15.3 Å². The Balaban J connectivity index is 1.74. The first kappa shape index (κ1) is 23.8. The van der Waals surface area contributed by atoms with Gasteiger partial charge >= 0.3 is 5.97 Å². The molecule has 0 spiro atoms. The lowest BCUT2D eigenvalue weighted by molar-refractivity contribution is 0.0691. The van der Waals surface area contributed by atoms with Gasteiger partial charge in [0.2, 0.25) is 0 Å². The molecule has 3 aromatic heterocycles. The summed E-state index contributed by atoms with van der Waals surface area (Å²) in [5, 5.41) is 22.4. The van der Waals surface area contributed by atoms with Crippen LogP contribution in [0.5, 0.6) is 0 Å². The van der Waals surface area contributed by atoms with E-state index < -0.39 is 12.0 Å². The van der Waals surface area contributed by atoms with Crippen molar-refractivity contribution >= 4 is 46.3 Å². The number of fused-ring (bicyclic) bond motifs is 1. The number of carboxylic acid groups (broad SMARTS) is 1. The van der Waals surface area contributed by atoms with Gasteiger partial charge in [-0.25, -0.2) is 14.8 Å². The Morgan fingerprint density at radius 1 is 1.26 bits per heavy atom. The Labute approximate surface area is 205 Å². The highest BCUT2D eigenvalue weighted by Gasteiger charge is 2.31. The van der Waals surface area contributed by atoms with Crippen LogP contribution in [0, 0.1) is 16.7 Å². The molecule has 0 saturated carbocycles. The highest BCUT2D eigenvalue weighted by atomic mass is 35.5. The minimum absolute atomic E-state index is 0.0655. The van der Waals surface area contributed by atoms with E-state index in [0.717, 1.165) is 0 Å². The topological polar surface area (TPSA) is 124 Å². The molecule has 1 saturated heterocycles. The molecule has 4 heterocycles. The van der Waals surface area contributed by atoms with E-state index in [9.17, 15) is 20.0 Å². The lowest BCUT2D eigenvalue weighted by Gasteiger charge is -2.35. The average Bonchev–Trinajstić information content (AvgIpc) is 2.80. The van der Waals surface area contributed by atoms with Crippen LogP contribution in [-0.2, 0) is 0 Å². The van der Waals surface area contributed by atoms with Gasteiger partial charge in [-0.05, 0) is 44.9 Å². The van der Waals surface area contributed by atoms with Gasteiger partial charge in [-0.3, -0.25) is 9.20 Å². The van der Waals surface area contributed by atoms with Crippen molar-refractivity contribution in [2.45, 2.75) is 32.7 Å². The Kier molecular flexibility index (Phi) is 6.39. The van der Waals surface area contributed by atoms with E-state index in [0.29, 0.717) is 48.0 Å². The molecule has 1 fully saturated rings. The van der Waals surface area contributed by atoms with E-state index in [1.165, 1.54) is 28.8 Å². The molecule has 3 aromatic rings. The van der Waals surface area contributed by atoms with Crippen LogP contribution < -0.4 is 15.8 Å². The van der Waals surface area contributed by atoms with E-state index in [2.05, 4.69) is 16.4 Å². The zero-order chi connectivity index (χ0) is 24.6. The number of aromatic carboxylic acids is 1. The van der Waals surface area contributed by atoms with Crippen LogP contribution in [0.2, 0.25) is 10.2 Å². The first-order valence-corrected chi connectivity index (χ1v) is 11.4. The monoisotopic (exact) mass is 500 g/mol. The molecule has 11 heteroatoms. The van der Waals surface area contributed by atoms with Gasteiger partial charge in [-0.1, -0.05) is 23.2 Å². The summed E-state index contributed by atoms with van der Waals surface area (Å²) in [6.07, 6.45) is 2.86. The van der Waals surface area contributed by atoms with E-state index in [4.69, 9.17) is 28.2 Å². The van der Waals surface area contributed by atoms with Gasteiger partial charge in [0.25, 0.3) is 5.56 Å². The van der Waals surface area contributed by atoms with E-state index >= 15 is 0 Å². The fourth-order valence-electron chi connectivity index (χ4n) is 4.03. The quantitative estimate of drug-likeness (QED) is 0.494. The summed E-state index contributed by atoms with van der Waals surface area (Å²) in [7, 11) is 0. The molecule has 34 heavy (non-hydrogen) atoms. The van der Waals surface area contributed by atoms with Gasteiger partial charge in [0.1, 0.15) is 16.6 Å². The number of piperidine rings is 1. The number of halogens is 2. The number of aromatic nitrogens is 3. The standard InChI is InChI=1S/C23H22Cl2N6O3/c1-13(27-16-3-4-17(25)28-20(16)22(33)34)15-9-14(24)11-31-19(32)10-18(29-21(15)31)30-7-5-23(2,12-26)6-8-30/h3-4,9-11,13,27H,5-8H2,1-2H3,(H,33,34)/t13-/m1/s1. The van der Waals surface area contributed by atoms with Crippen molar-refractivity contribution < 1.29 is 9.90 Å². The number of carboxylic acids is 1. The predicted octanol–water partition coefficient (Wildman–Crippen LogP) is 4.40. The Morgan fingerprint density at radius 2 is 1.97 bits per heavy atom. The van der Waals surface area contributed by atoms with Crippen molar-refractivity contribution in [2.24, 2.45) is 5.41 Å². The second-order valence-corrected chi connectivity index (χ2v) is 9.44. The third-order valence-corrected chi connectivity index (χ3v) is 6.52. The third kappa shape index (κ3) is 4.65. The molecule has 9 nitrogen and oxygen atoms in total. The summed E-state index contributed by atoms with van der Waals surface area (Å²) in [5.74, 6) is -0.695. The van der Waals surface area contributed by atoms with Crippen molar-refractivity contribution in [1.82, 2.24) is 14.4 Å². The molecule has 2 N–H and O–H groups in total. The maximum Gasteiger partial charge on any atom is 0.356 e. The maximum atomic E-state index is 13.0. The molecular weight excluding hydrogens is 479 g/mol. The average molecular weight is 501 g/mol. The largest absolute Gasteiger partial charge is 0.476 e. The van der Waals surface area contributed by atoms with Crippen molar-refractivity contribution in [3.05, 3.63) is 62.2 Å². The normalized spacial score (nSPS) is 16.1. The molecule has 4 rings (SSSR count). The van der Waals surface area contributed by atoms with Gasteiger partial charge in [-0.15, -0.1) is 0 Å². The van der Waals surface area contributed by atoms with Gasteiger partial charge in [0.05, 0.1) is 28.2 Å². The number of hydrogen-bond acceptors (Lipinski definition) is 7. The molecule has 0 bridgehead atoms. The summed E-state index contributed by atoms with van der Waals surface area (Å²) in [6.45, 7) is 4.98. The molecule has 1 aliphatic rings. The lowest BCUT2D eigenvalue weighted by atomic mass is 9.82. The Bertz CT molecular complexity index is 1380.